The Balaban J connectivity index is 3.15. The third-order valence-electron chi connectivity index (χ3n) is 2.41. The number of carboxylic acid groups (broad SMARTS) is 2. The van der Waals surface area contributed by atoms with Gasteiger partial charge in [-0.3, -0.25) is 4.79 Å². The van der Waals surface area contributed by atoms with E-state index >= 15 is 0 Å². The first-order valence-corrected chi connectivity index (χ1v) is 5.04. The van der Waals surface area contributed by atoms with Crippen molar-refractivity contribution in [2.24, 2.45) is 0 Å². The van der Waals surface area contributed by atoms with Gasteiger partial charge in [-0.1, -0.05) is 6.07 Å². The molecule has 0 aromatic heterocycles. The molecule has 7 nitrogen and oxygen atoms in total. The third-order valence-corrected chi connectivity index (χ3v) is 2.41. The maximum Gasteiger partial charge on any atom is 0.336 e. The summed E-state index contributed by atoms with van der Waals surface area (Å²) in [5, 5.41) is 36.7. The number of nitrogen functional groups attached to an aromatic ring is 1. The molecule has 0 saturated heterocycles. The molecule has 1 aromatic rings. The number of aliphatic hydroxyl groups is 2. The average Bonchev–Trinajstić information content (AvgIpc) is 2.26. The molecular formula is C11H13NO6. The van der Waals surface area contributed by atoms with E-state index < -0.39 is 30.6 Å². The van der Waals surface area contributed by atoms with Crippen molar-refractivity contribution < 1.29 is 30.0 Å². The predicted molar refractivity (Wildman–Crippen MR) is 61.0 cm³/mol. The lowest BCUT2D eigenvalue weighted by molar-refractivity contribution is -0.141. The number of aliphatic carboxylic acids is 1. The molecule has 98 valence electrons. The van der Waals surface area contributed by atoms with Crippen molar-refractivity contribution in [3.8, 4) is 0 Å². The molecule has 0 aliphatic rings. The van der Waals surface area contributed by atoms with Crippen molar-refractivity contribution in [2.75, 3.05) is 5.73 Å². The van der Waals surface area contributed by atoms with Crippen LogP contribution in [0, 0.1) is 0 Å². The molecular weight excluding hydrogens is 242 g/mol. The summed E-state index contributed by atoms with van der Waals surface area (Å²) < 4.78 is 0. The number of carbonyl (C=O) groups is 2. The summed E-state index contributed by atoms with van der Waals surface area (Å²) in [5.41, 5.74) is 5.07. The zero-order valence-corrected chi connectivity index (χ0v) is 9.28. The van der Waals surface area contributed by atoms with Gasteiger partial charge in [-0.05, 0) is 12.1 Å². The van der Waals surface area contributed by atoms with E-state index in [9.17, 15) is 19.8 Å². The molecule has 18 heavy (non-hydrogen) atoms. The van der Waals surface area contributed by atoms with E-state index in [2.05, 4.69) is 0 Å². The number of carboxylic acids is 2. The summed E-state index contributed by atoms with van der Waals surface area (Å²) >= 11 is 0. The number of nitrogens with two attached hydrogens (primary N) is 1. The molecule has 0 heterocycles. The predicted octanol–water partition coefficient (Wildman–Crippen LogP) is -0.164. The molecule has 0 aliphatic heterocycles. The Morgan fingerprint density at radius 3 is 2.33 bits per heavy atom. The molecule has 0 fully saturated rings. The smallest absolute Gasteiger partial charge is 0.336 e. The van der Waals surface area contributed by atoms with Crippen molar-refractivity contribution in [3.05, 3.63) is 29.3 Å². The van der Waals surface area contributed by atoms with Crippen LogP contribution in [-0.2, 0) is 4.79 Å². The normalized spacial score (nSPS) is 13.9. The van der Waals surface area contributed by atoms with E-state index in [0.717, 1.165) is 0 Å². The van der Waals surface area contributed by atoms with Gasteiger partial charge in [0.1, 0.15) is 6.10 Å². The maximum atomic E-state index is 11.0. The Morgan fingerprint density at radius 1 is 1.22 bits per heavy atom. The topological polar surface area (TPSA) is 141 Å². The van der Waals surface area contributed by atoms with Crippen LogP contribution in [0.1, 0.15) is 28.4 Å². The molecule has 2 atom stereocenters. The van der Waals surface area contributed by atoms with Gasteiger partial charge in [0.05, 0.1) is 18.1 Å². The summed E-state index contributed by atoms with van der Waals surface area (Å²) in [6.07, 6.45) is -4.02. The highest BCUT2D eigenvalue weighted by atomic mass is 16.4. The minimum atomic E-state index is -1.67. The molecule has 0 radical (unpaired) electrons. The quantitative estimate of drug-likeness (QED) is 0.460. The van der Waals surface area contributed by atoms with E-state index in [0.29, 0.717) is 0 Å². The zero-order valence-electron chi connectivity index (χ0n) is 9.28. The Labute approximate surface area is 102 Å². The summed E-state index contributed by atoms with van der Waals surface area (Å²) in [6.45, 7) is 0. The standard InChI is InChI=1S/C11H13NO6/c12-6-3-1-2-5(11(17)18)9(6)10(16)7(13)4-8(14)15/h1-3,7,10,13,16H,4,12H2,(H,14,15)(H,17,18). The summed E-state index contributed by atoms with van der Waals surface area (Å²) in [6, 6.07) is 3.96. The van der Waals surface area contributed by atoms with E-state index in [1.165, 1.54) is 18.2 Å². The first kappa shape index (κ1) is 13.9. The molecule has 0 spiro atoms. The lowest BCUT2D eigenvalue weighted by Gasteiger charge is -2.20. The maximum absolute atomic E-state index is 11.0. The lowest BCUT2D eigenvalue weighted by Crippen LogP contribution is -2.24. The third kappa shape index (κ3) is 2.96. The van der Waals surface area contributed by atoms with Gasteiger partial charge in [-0.2, -0.15) is 0 Å². The van der Waals surface area contributed by atoms with E-state index in [-0.39, 0.29) is 16.8 Å². The number of aliphatic hydroxyl groups excluding tert-OH is 2. The molecule has 0 bridgehead atoms. The fraction of sp³-hybridized carbons (Fsp3) is 0.273. The van der Waals surface area contributed by atoms with Crippen LogP contribution in [0.5, 0.6) is 0 Å². The van der Waals surface area contributed by atoms with Gasteiger partial charge in [0.15, 0.2) is 0 Å². The van der Waals surface area contributed by atoms with Crippen LogP contribution >= 0.6 is 0 Å². The Kier molecular flexibility index (Phi) is 4.24. The van der Waals surface area contributed by atoms with Crippen LogP contribution < -0.4 is 5.73 Å². The second kappa shape index (κ2) is 5.48. The van der Waals surface area contributed by atoms with Crippen LogP contribution in [-0.4, -0.2) is 38.5 Å². The molecule has 1 aromatic carbocycles. The number of aromatic carboxylic acids is 1. The van der Waals surface area contributed by atoms with Crippen molar-refractivity contribution in [1.82, 2.24) is 0 Å². The van der Waals surface area contributed by atoms with Crippen LogP contribution in [0.3, 0.4) is 0 Å². The van der Waals surface area contributed by atoms with Crippen molar-refractivity contribution in [3.63, 3.8) is 0 Å². The molecule has 7 heteroatoms. The number of hydrogen-bond donors (Lipinski definition) is 5. The first-order chi connectivity index (χ1) is 8.34. The van der Waals surface area contributed by atoms with Crippen molar-refractivity contribution in [2.45, 2.75) is 18.6 Å². The van der Waals surface area contributed by atoms with Gasteiger partial charge >= 0.3 is 11.9 Å². The molecule has 0 saturated carbocycles. The van der Waals surface area contributed by atoms with Gasteiger partial charge in [0.2, 0.25) is 0 Å². The Bertz CT molecular complexity index is 473. The monoisotopic (exact) mass is 255 g/mol. The SMILES string of the molecule is Nc1cccc(C(=O)O)c1C(O)C(O)CC(=O)O. The fourth-order valence-corrected chi connectivity index (χ4v) is 1.58. The number of rotatable bonds is 5. The summed E-state index contributed by atoms with van der Waals surface area (Å²) in [5.74, 6) is -2.63. The highest BCUT2D eigenvalue weighted by Gasteiger charge is 2.27. The van der Waals surface area contributed by atoms with Crippen molar-refractivity contribution in [1.29, 1.82) is 0 Å². The van der Waals surface area contributed by atoms with Gasteiger partial charge in [0.25, 0.3) is 0 Å². The van der Waals surface area contributed by atoms with E-state index in [4.69, 9.17) is 15.9 Å². The molecule has 6 N–H and O–H groups in total. The van der Waals surface area contributed by atoms with Gasteiger partial charge in [0, 0.05) is 11.3 Å². The number of hydrogen-bond acceptors (Lipinski definition) is 5. The summed E-state index contributed by atoms with van der Waals surface area (Å²) in [7, 11) is 0. The lowest BCUT2D eigenvalue weighted by atomic mass is 9.95. The van der Waals surface area contributed by atoms with Gasteiger partial charge < -0.3 is 26.2 Å². The Hall–Kier alpha value is -2.12. The minimum absolute atomic E-state index is 0.0214. The molecule has 1 rings (SSSR count). The minimum Gasteiger partial charge on any atom is -0.481 e. The largest absolute Gasteiger partial charge is 0.481 e. The highest BCUT2D eigenvalue weighted by molar-refractivity contribution is 5.91. The van der Waals surface area contributed by atoms with Crippen LogP contribution in [0.15, 0.2) is 18.2 Å². The first-order valence-electron chi connectivity index (χ1n) is 5.04. The molecule has 2 unspecified atom stereocenters. The highest BCUT2D eigenvalue weighted by Crippen LogP contribution is 2.28. The fourth-order valence-electron chi connectivity index (χ4n) is 1.58. The van der Waals surface area contributed by atoms with E-state index in [1.54, 1.807) is 0 Å². The van der Waals surface area contributed by atoms with E-state index in [1.807, 2.05) is 0 Å². The summed E-state index contributed by atoms with van der Waals surface area (Å²) in [4.78, 5) is 21.4. The average molecular weight is 255 g/mol. The van der Waals surface area contributed by atoms with Crippen LogP contribution in [0.25, 0.3) is 0 Å². The Morgan fingerprint density at radius 2 is 1.83 bits per heavy atom. The molecule has 0 aliphatic carbocycles. The second-order valence-electron chi connectivity index (χ2n) is 3.72. The van der Waals surface area contributed by atoms with Crippen LogP contribution in [0.2, 0.25) is 0 Å². The van der Waals surface area contributed by atoms with Gasteiger partial charge in [-0.25, -0.2) is 4.79 Å². The molecule has 0 amide bonds. The zero-order chi connectivity index (χ0) is 13.9. The second-order valence-corrected chi connectivity index (χ2v) is 3.72. The number of benzene rings is 1. The van der Waals surface area contributed by atoms with Crippen molar-refractivity contribution >= 4 is 17.6 Å². The number of anilines is 1. The van der Waals surface area contributed by atoms with Gasteiger partial charge in [-0.15, -0.1) is 0 Å². The van der Waals surface area contributed by atoms with Crippen LogP contribution in [0.4, 0.5) is 5.69 Å².